The fourth-order valence-electron chi connectivity index (χ4n) is 10.3. The molecule has 3 nitrogen and oxygen atoms in total. The second-order valence-electron chi connectivity index (χ2n) is 16.9. The summed E-state index contributed by atoms with van der Waals surface area (Å²) in [7, 11) is 0. The van der Waals surface area contributed by atoms with E-state index in [4.69, 9.17) is 0 Å². The van der Waals surface area contributed by atoms with Gasteiger partial charge in [-0.1, -0.05) is 176 Å². The predicted molar refractivity (Wildman–Crippen MR) is 274 cm³/mol. The Morgan fingerprint density at radius 1 is 0.200 bits per heavy atom. The number of aromatic nitrogens is 3. The molecule has 0 saturated heterocycles. The van der Waals surface area contributed by atoms with Crippen molar-refractivity contribution < 1.29 is 0 Å². The van der Waals surface area contributed by atoms with Crippen molar-refractivity contribution in [2.24, 2.45) is 0 Å². The average Bonchev–Trinajstić information content (AvgIpc) is 4.05. The number of hydrogen-bond acceptors (Lipinski definition) is 0. The van der Waals surface area contributed by atoms with Crippen LogP contribution in [0.3, 0.4) is 0 Å². The molecule has 0 atom stereocenters. The fraction of sp³-hybridized carbons (Fsp3) is 0. The second-order valence-corrected chi connectivity index (χ2v) is 16.9. The molecule has 13 rings (SSSR count). The van der Waals surface area contributed by atoms with Crippen molar-refractivity contribution in [3.8, 4) is 61.7 Å². The Kier molecular flexibility index (Phi) is 8.53. The van der Waals surface area contributed by atoms with Gasteiger partial charge in [0.25, 0.3) is 0 Å². The lowest BCUT2D eigenvalue weighted by Gasteiger charge is -2.16. The first-order chi connectivity index (χ1) is 32.2. The van der Waals surface area contributed by atoms with Gasteiger partial charge in [0.2, 0.25) is 0 Å². The molecule has 0 radical (unpaired) electrons. The van der Waals surface area contributed by atoms with E-state index >= 15 is 0 Å². The van der Waals surface area contributed by atoms with Crippen molar-refractivity contribution in [1.29, 1.82) is 0 Å². The monoisotopic (exact) mass is 827 g/mol. The highest BCUT2D eigenvalue weighted by Gasteiger charge is 2.22. The molecule has 3 aromatic heterocycles. The minimum absolute atomic E-state index is 1.10. The highest BCUT2D eigenvalue weighted by atomic mass is 15.0. The zero-order valence-corrected chi connectivity index (χ0v) is 35.5. The van der Waals surface area contributed by atoms with Crippen LogP contribution in [0.25, 0.3) is 116 Å². The Hall–Kier alpha value is -8.66. The van der Waals surface area contributed by atoms with Crippen LogP contribution < -0.4 is 0 Å². The SMILES string of the molecule is c1ccc(-c2cc(-n3c4ccc(-c5ccccc5)cc4c4cc(-c5ccccc5)ccc43)cc(-n3c4ccccc4c4ccc5c(cc(-c6ccccc6)n5-c5ccccc5)c43)c2)cc1. The van der Waals surface area contributed by atoms with Crippen molar-refractivity contribution in [1.82, 2.24) is 13.7 Å². The Morgan fingerprint density at radius 2 is 0.646 bits per heavy atom. The van der Waals surface area contributed by atoms with Crippen LogP contribution in [-0.4, -0.2) is 13.7 Å². The molecule has 0 bridgehead atoms. The molecule has 304 valence electrons. The van der Waals surface area contributed by atoms with E-state index in [1.807, 2.05) is 0 Å². The molecule has 10 aromatic carbocycles. The summed E-state index contributed by atoms with van der Waals surface area (Å²) >= 11 is 0. The van der Waals surface area contributed by atoms with Crippen molar-refractivity contribution in [3.63, 3.8) is 0 Å². The van der Waals surface area contributed by atoms with Gasteiger partial charge in [-0.05, 0) is 112 Å². The molecular weight excluding hydrogens is 787 g/mol. The molecular formula is C62H41N3. The van der Waals surface area contributed by atoms with Gasteiger partial charge in [-0.2, -0.15) is 0 Å². The molecule has 65 heavy (non-hydrogen) atoms. The standard InChI is InChI=1S/C62H41N3/c1-6-18-42(19-7-1)46-30-33-58-54(38-46)55-39-47(43-20-8-2-9-21-43)31-34-59(55)64(58)50-36-48(44-22-10-3-11-23-44)37-51(40-50)65-57-29-17-16-28-52(57)53-32-35-60-56(62(53)65)41-61(45-24-12-4-13-25-45)63(60)49-26-14-5-15-27-49/h1-41H. The molecule has 0 fully saturated rings. The summed E-state index contributed by atoms with van der Waals surface area (Å²) in [5, 5.41) is 6.10. The summed E-state index contributed by atoms with van der Waals surface area (Å²) in [6.07, 6.45) is 0. The Labute approximate surface area is 376 Å². The summed E-state index contributed by atoms with van der Waals surface area (Å²) in [5.74, 6) is 0. The predicted octanol–water partition coefficient (Wildman–Crippen LogP) is 16.5. The van der Waals surface area contributed by atoms with Crippen molar-refractivity contribution in [3.05, 3.63) is 249 Å². The molecule has 0 aliphatic carbocycles. The van der Waals surface area contributed by atoms with Crippen LogP contribution in [-0.2, 0) is 0 Å². The minimum atomic E-state index is 1.10. The highest BCUT2D eigenvalue weighted by molar-refractivity contribution is 6.19. The maximum atomic E-state index is 2.52. The molecule has 0 aliphatic rings. The van der Waals surface area contributed by atoms with E-state index in [-0.39, 0.29) is 0 Å². The Morgan fingerprint density at radius 3 is 1.23 bits per heavy atom. The fourth-order valence-corrected chi connectivity index (χ4v) is 10.3. The molecule has 0 amide bonds. The number of fused-ring (bicyclic) bond motifs is 8. The lowest BCUT2D eigenvalue weighted by Crippen LogP contribution is -2.00. The summed E-state index contributed by atoms with van der Waals surface area (Å²) in [4.78, 5) is 0. The van der Waals surface area contributed by atoms with Crippen LogP contribution >= 0.6 is 0 Å². The van der Waals surface area contributed by atoms with Crippen LogP contribution in [0.1, 0.15) is 0 Å². The molecule has 0 aliphatic heterocycles. The van der Waals surface area contributed by atoms with Crippen LogP contribution in [0.5, 0.6) is 0 Å². The van der Waals surface area contributed by atoms with E-state index in [0.717, 1.165) is 44.9 Å². The zero-order valence-electron chi connectivity index (χ0n) is 35.5. The van der Waals surface area contributed by atoms with Crippen LogP contribution in [0, 0.1) is 0 Å². The topological polar surface area (TPSA) is 14.8 Å². The van der Waals surface area contributed by atoms with Gasteiger partial charge in [0.1, 0.15) is 0 Å². The maximum Gasteiger partial charge on any atom is 0.0635 e. The second kappa shape index (κ2) is 15.0. The van der Waals surface area contributed by atoms with Crippen molar-refractivity contribution in [2.75, 3.05) is 0 Å². The first kappa shape index (κ1) is 36.9. The summed E-state index contributed by atoms with van der Waals surface area (Å²) in [5.41, 5.74) is 18.7. The van der Waals surface area contributed by atoms with Crippen molar-refractivity contribution in [2.45, 2.75) is 0 Å². The first-order valence-electron chi connectivity index (χ1n) is 22.3. The number of hydrogen-bond donors (Lipinski definition) is 0. The van der Waals surface area contributed by atoms with Gasteiger partial charge in [0, 0.05) is 44.0 Å². The van der Waals surface area contributed by atoms with Gasteiger partial charge < -0.3 is 13.7 Å². The van der Waals surface area contributed by atoms with E-state index in [9.17, 15) is 0 Å². The normalized spacial score (nSPS) is 11.7. The van der Waals surface area contributed by atoms with Gasteiger partial charge in [-0.15, -0.1) is 0 Å². The minimum Gasteiger partial charge on any atom is -0.309 e. The van der Waals surface area contributed by atoms with Gasteiger partial charge in [-0.25, -0.2) is 0 Å². The zero-order chi connectivity index (χ0) is 42.8. The third kappa shape index (κ3) is 6.05. The summed E-state index contributed by atoms with van der Waals surface area (Å²) in [6, 6.07) is 90.8. The quantitative estimate of drug-likeness (QED) is 0.152. The van der Waals surface area contributed by atoms with E-state index in [2.05, 4.69) is 262 Å². The third-order valence-corrected chi connectivity index (χ3v) is 13.2. The number of para-hydroxylation sites is 2. The molecule has 3 heteroatoms. The van der Waals surface area contributed by atoms with E-state index in [1.54, 1.807) is 0 Å². The lowest BCUT2D eigenvalue weighted by molar-refractivity contribution is 1.13. The summed E-state index contributed by atoms with van der Waals surface area (Å²) in [6.45, 7) is 0. The van der Waals surface area contributed by atoms with E-state index in [0.29, 0.717) is 0 Å². The first-order valence-corrected chi connectivity index (χ1v) is 22.3. The molecule has 0 unspecified atom stereocenters. The maximum absolute atomic E-state index is 2.52. The van der Waals surface area contributed by atoms with E-state index in [1.165, 1.54) is 71.3 Å². The number of rotatable bonds is 7. The Balaban J connectivity index is 1.13. The number of nitrogens with zero attached hydrogens (tertiary/aromatic N) is 3. The lowest BCUT2D eigenvalue weighted by atomic mass is 10.0. The van der Waals surface area contributed by atoms with Gasteiger partial charge in [0.05, 0.1) is 33.3 Å². The molecule has 3 heterocycles. The van der Waals surface area contributed by atoms with Crippen molar-refractivity contribution >= 4 is 54.5 Å². The number of benzene rings is 10. The van der Waals surface area contributed by atoms with E-state index < -0.39 is 0 Å². The molecule has 13 aromatic rings. The van der Waals surface area contributed by atoms with Gasteiger partial charge >= 0.3 is 0 Å². The van der Waals surface area contributed by atoms with Gasteiger partial charge in [0.15, 0.2) is 0 Å². The van der Waals surface area contributed by atoms with Crippen LogP contribution in [0.15, 0.2) is 249 Å². The third-order valence-electron chi connectivity index (χ3n) is 13.2. The molecule has 0 spiro atoms. The molecule has 0 saturated carbocycles. The average molecular weight is 828 g/mol. The highest BCUT2D eigenvalue weighted by Crippen LogP contribution is 2.43. The Bertz CT molecular complexity index is 3800. The largest absolute Gasteiger partial charge is 0.309 e. The van der Waals surface area contributed by atoms with Crippen LogP contribution in [0.4, 0.5) is 0 Å². The smallest absolute Gasteiger partial charge is 0.0635 e. The van der Waals surface area contributed by atoms with Gasteiger partial charge in [-0.3, -0.25) is 0 Å². The summed E-state index contributed by atoms with van der Waals surface area (Å²) < 4.78 is 7.42. The van der Waals surface area contributed by atoms with Crippen LogP contribution in [0.2, 0.25) is 0 Å². The molecule has 0 N–H and O–H groups in total.